The Balaban J connectivity index is 1.31. The Morgan fingerprint density at radius 3 is 1.66 bits per heavy atom. The first-order valence-corrected chi connectivity index (χ1v) is 16.4. The van der Waals surface area contributed by atoms with Gasteiger partial charge in [-0.1, -0.05) is 109 Å². The van der Waals surface area contributed by atoms with Crippen LogP contribution in [0.5, 0.6) is 0 Å². The molecule has 0 atom stereocenters. The second-order valence-electron chi connectivity index (χ2n) is 11.3. The van der Waals surface area contributed by atoms with E-state index in [4.69, 9.17) is 9.97 Å². The van der Waals surface area contributed by atoms with Gasteiger partial charge in [0.1, 0.15) is 0 Å². The minimum Gasteiger partial charge on any atom is -0.226 e. The van der Waals surface area contributed by atoms with E-state index >= 15 is 0 Å². The maximum Gasteiger partial charge on any atom is 0.161 e. The number of aromatic nitrogens is 2. The molecule has 0 amide bonds. The molecular formula is C40H22N2S2. The molecule has 3 heterocycles. The molecule has 0 aliphatic rings. The summed E-state index contributed by atoms with van der Waals surface area (Å²) in [5.41, 5.74) is 4.21. The lowest BCUT2D eigenvalue weighted by atomic mass is 9.93. The van der Waals surface area contributed by atoms with E-state index in [2.05, 4.69) is 133 Å². The Kier molecular flexibility index (Phi) is 5.06. The van der Waals surface area contributed by atoms with Crippen molar-refractivity contribution in [2.45, 2.75) is 0 Å². The first-order chi connectivity index (χ1) is 21.8. The van der Waals surface area contributed by atoms with Gasteiger partial charge >= 0.3 is 0 Å². The molecule has 0 spiro atoms. The zero-order valence-corrected chi connectivity index (χ0v) is 25.0. The van der Waals surface area contributed by atoms with Crippen molar-refractivity contribution in [2.24, 2.45) is 0 Å². The number of hydrogen-bond donors (Lipinski definition) is 0. The van der Waals surface area contributed by atoms with Crippen molar-refractivity contribution in [3.63, 3.8) is 0 Å². The van der Waals surface area contributed by atoms with Gasteiger partial charge in [-0.25, -0.2) is 9.97 Å². The third-order valence-corrected chi connectivity index (χ3v) is 11.3. The third-order valence-electron chi connectivity index (χ3n) is 8.88. The zero-order chi connectivity index (χ0) is 28.8. The minimum absolute atomic E-state index is 0.775. The molecule has 10 rings (SSSR count). The van der Waals surface area contributed by atoms with Gasteiger partial charge in [0.15, 0.2) is 5.82 Å². The lowest BCUT2D eigenvalue weighted by Crippen LogP contribution is -1.94. The average Bonchev–Trinajstić information content (AvgIpc) is 3.66. The summed E-state index contributed by atoms with van der Waals surface area (Å²) in [5.74, 6) is 0.775. The Labute approximate surface area is 260 Å². The quantitative estimate of drug-likeness (QED) is 0.186. The lowest BCUT2D eigenvalue weighted by Gasteiger charge is -2.13. The Bertz CT molecular complexity index is 2750. The van der Waals surface area contributed by atoms with Gasteiger partial charge in [-0.3, -0.25) is 0 Å². The van der Waals surface area contributed by atoms with E-state index in [9.17, 15) is 0 Å². The van der Waals surface area contributed by atoms with E-state index < -0.39 is 0 Å². The Morgan fingerprint density at radius 2 is 0.932 bits per heavy atom. The molecular weight excluding hydrogens is 573 g/mol. The number of nitrogens with zero attached hydrogens (tertiary/aromatic N) is 2. The second kappa shape index (κ2) is 9.17. The molecule has 0 aliphatic carbocycles. The fraction of sp³-hybridized carbons (Fsp3) is 0. The van der Waals surface area contributed by atoms with Crippen LogP contribution >= 0.6 is 22.7 Å². The van der Waals surface area contributed by atoms with Crippen molar-refractivity contribution < 1.29 is 0 Å². The molecule has 44 heavy (non-hydrogen) atoms. The summed E-state index contributed by atoms with van der Waals surface area (Å²) < 4.78 is 4.87. The summed E-state index contributed by atoms with van der Waals surface area (Å²) in [7, 11) is 0. The van der Waals surface area contributed by atoms with Crippen molar-refractivity contribution in [1.82, 2.24) is 9.97 Å². The number of benzene rings is 7. The highest BCUT2D eigenvalue weighted by atomic mass is 32.1. The van der Waals surface area contributed by atoms with Crippen LogP contribution in [0.3, 0.4) is 0 Å². The van der Waals surface area contributed by atoms with Gasteiger partial charge in [0.2, 0.25) is 0 Å². The van der Waals surface area contributed by atoms with Crippen molar-refractivity contribution in [2.75, 3.05) is 0 Å². The zero-order valence-electron chi connectivity index (χ0n) is 23.4. The molecule has 0 N–H and O–H groups in total. The van der Waals surface area contributed by atoms with Crippen LogP contribution in [0.4, 0.5) is 0 Å². The van der Waals surface area contributed by atoms with Crippen LogP contribution in [-0.4, -0.2) is 9.97 Å². The number of rotatable bonds is 2. The van der Waals surface area contributed by atoms with Crippen LogP contribution in [0.1, 0.15) is 0 Å². The van der Waals surface area contributed by atoms with E-state index in [-0.39, 0.29) is 0 Å². The van der Waals surface area contributed by atoms with E-state index in [0.717, 1.165) is 32.9 Å². The van der Waals surface area contributed by atoms with E-state index in [1.807, 2.05) is 11.3 Å². The number of fused-ring (bicyclic) bond motifs is 12. The standard InChI is InChI=1S/C40H22N2S2/c1-2-12-26-24(10-1)25-11-3-4-13-27(25)33-22-23(20-21-28(26)33)36-39-37(31-15-6-8-19-35(31)44-39)42-40(41-36)32-17-9-16-30-29-14-5-7-18-34(29)43-38(30)32/h1-22H. The fourth-order valence-electron chi connectivity index (χ4n) is 6.89. The molecule has 0 saturated heterocycles. The maximum atomic E-state index is 5.41. The highest BCUT2D eigenvalue weighted by molar-refractivity contribution is 7.26. The van der Waals surface area contributed by atoms with Crippen LogP contribution in [0, 0.1) is 0 Å². The second-order valence-corrected chi connectivity index (χ2v) is 13.4. The summed E-state index contributed by atoms with van der Waals surface area (Å²) >= 11 is 3.61. The molecule has 2 nitrogen and oxygen atoms in total. The summed E-state index contributed by atoms with van der Waals surface area (Å²) in [4.78, 5) is 10.7. The van der Waals surface area contributed by atoms with Gasteiger partial charge in [0.05, 0.1) is 15.9 Å². The van der Waals surface area contributed by atoms with Gasteiger partial charge in [-0.2, -0.15) is 0 Å². The summed E-state index contributed by atoms with van der Waals surface area (Å²) in [6.07, 6.45) is 0. The number of thiophene rings is 2. The van der Waals surface area contributed by atoms with Gasteiger partial charge in [-0.05, 0) is 56.6 Å². The predicted molar refractivity (Wildman–Crippen MR) is 191 cm³/mol. The molecule has 204 valence electrons. The van der Waals surface area contributed by atoms with Gasteiger partial charge < -0.3 is 0 Å². The van der Waals surface area contributed by atoms with Gasteiger partial charge in [0, 0.05) is 41.4 Å². The monoisotopic (exact) mass is 594 g/mol. The molecule has 0 unspecified atom stereocenters. The first kappa shape index (κ1) is 24.3. The summed E-state index contributed by atoms with van der Waals surface area (Å²) in [6, 6.07) is 48.2. The summed E-state index contributed by atoms with van der Waals surface area (Å²) in [5, 5.41) is 11.3. The highest BCUT2D eigenvalue weighted by Gasteiger charge is 2.20. The predicted octanol–water partition coefficient (Wildman–Crippen LogP) is 12.0. The van der Waals surface area contributed by atoms with Gasteiger partial charge in [0.25, 0.3) is 0 Å². The average molecular weight is 595 g/mol. The molecule has 10 aromatic rings. The van der Waals surface area contributed by atoms with E-state index in [1.54, 1.807) is 11.3 Å². The van der Waals surface area contributed by atoms with E-state index in [0.29, 0.717) is 0 Å². The number of hydrogen-bond acceptors (Lipinski definition) is 4. The molecule has 7 aromatic carbocycles. The molecule has 0 fully saturated rings. The molecule has 0 saturated carbocycles. The van der Waals surface area contributed by atoms with Crippen molar-refractivity contribution in [3.05, 3.63) is 133 Å². The first-order valence-electron chi connectivity index (χ1n) is 14.8. The Hall–Kier alpha value is -5.16. The van der Waals surface area contributed by atoms with Crippen LogP contribution in [0.2, 0.25) is 0 Å². The summed E-state index contributed by atoms with van der Waals surface area (Å²) in [6.45, 7) is 0. The van der Waals surface area contributed by atoms with Crippen LogP contribution in [-0.2, 0) is 0 Å². The lowest BCUT2D eigenvalue weighted by molar-refractivity contribution is 1.25. The van der Waals surface area contributed by atoms with Crippen LogP contribution < -0.4 is 0 Å². The van der Waals surface area contributed by atoms with Crippen molar-refractivity contribution in [3.8, 4) is 22.6 Å². The van der Waals surface area contributed by atoms with Crippen molar-refractivity contribution >= 4 is 95.5 Å². The molecule has 0 radical (unpaired) electrons. The maximum absolute atomic E-state index is 5.41. The SMILES string of the molecule is c1ccc2c(c1)sc1c(-c3nc(-c4ccc5c6ccccc6c6ccccc6c5c4)c4sc5ccccc5c4n3)cccc12. The molecule has 0 aliphatic heterocycles. The smallest absolute Gasteiger partial charge is 0.161 e. The molecule has 3 aromatic heterocycles. The highest BCUT2D eigenvalue weighted by Crippen LogP contribution is 2.44. The minimum atomic E-state index is 0.775. The molecule has 0 bridgehead atoms. The topological polar surface area (TPSA) is 25.8 Å². The van der Waals surface area contributed by atoms with E-state index in [1.165, 1.54) is 62.6 Å². The Morgan fingerprint density at radius 1 is 0.386 bits per heavy atom. The van der Waals surface area contributed by atoms with Crippen LogP contribution in [0.15, 0.2) is 133 Å². The van der Waals surface area contributed by atoms with Crippen LogP contribution in [0.25, 0.3) is 95.4 Å². The normalized spacial score (nSPS) is 12.1. The third kappa shape index (κ3) is 3.41. The fourth-order valence-corrected chi connectivity index (χ4v) is 9.25. The molecule has 4 heteroatoms. The van der Waals surface area contributed by atoms with Crippen molar-refractivity contribution in [1.29, 1.82) is 0 Å². The van der Waals surface area contributed by atoms with Gasteiger partial charge in [-0.15, -0.1) is 22.7 Å². The largest absolute Gasteiger partial charge is 0.226 e.